The van der Waals surface area contributed by atoms with Crippen LogP contribution in [0.5, 0.6) is 0 Å². The molecule has 1 aliphatic heterocycles. The number of fused-ring (bicyclic) bond motifs is 5. The van der Waals surface area contributed by atoms with Gasteiger partial charge in [-0.1, -0.05) is 42.5 Å². The molecule has 26 heavy (non-hydrogen) atoms. The molecular weight excluding hydrogens is 328 g/mol. The Kier molecular flexibility index (Phi) is 4.39. The predicted octanol–water partition coefficient (Wildman–Crippen LogP) is 2.23. The smallest absolute Gasteiger partial charge is 0.233 e. The lowest BCUT2D eigenvalue weighted by Crippen LogP contribution is -2.38. The Labute approximate surface area is 153 Å². The minimum absolute atomic E-state index is 0.0184. The Balaban J connectivity index is 1.37. The van der Waals surface area contributed by atoms with E-state index < -0.39 is 0 Å². The SMILES string of the molecule is CCN(Cc1ccccc1)C(=O)CCN1C(=O)[C@@H]2[C@H](C1=O)[C@H]1C=C[C@H]2C1. The fourth-order valence-electron chi connectivity index (χ4n) is 4.73. The van der Waals surface area contributed by atoms with Crippen molar-refractivity contribution in [3.63, 3.8) is 0 Å². The van der Waals surface area contributed by atoms with E-state index in [0.717, 1.165) is 12.0 Å². The molecule has 136 valence electrons. The van der Waals surface area contributed by atoms with E-state index >= 15 is 0 Å². The summed E-state index contributed by atoms with van der Waals surface area (Å²) in [4.78, 5) is 41.1. The van der Waals surface area contributed by atoms with E-state index in [4.69, 9.17) is 0 Å². The van der Waals surface area contributed by atoms with Gasteiger partial charge in [0, 0.05) is 26.1 Å². The molecule has 1 heterocycles. The Morgan fingerprint density at radius 3 is 2.27 bits per heavy atom. The van der Waals surface area contributed by atoms with E-state index in [1.54, 1.807) is 4.90 Å². The molecule has 4 atom stereocenters. The summed E-state index contributed by atoms with van der Waals surface area (Å²) in [5.41, 5.74) is 1.08. The van der Waals surface area contributed by atoms with Crippen molar-refractivity contribution >= 4 is 17.7 Å². The molecule has 0 unspecified atom stereocenters. The molecule has 4 rings (SSSR count). The predicted molar refractivity (Wildman–Crippen MR) is 96.6 cm³/mol. The first-order valence-corrected chi connectivity index (χ1v) is 9.45. The summed E-state index contributed by atoms with van der Waals surface area (Å²) < 4.78 is 0. The van der Waals surface area contributed by atoms with E-state index in [1.165, 1.54) is 4.90 Å². The van der Waals surface area contributed by atoms with Gasteiger partial charge in [-0.3, -0.25) is 19.3 Å². The average molecular weight is 352 g/mol. The van der Waals surface area contributed by atoms with Crippen molar-refractivity contribution in [1.29, 1.82) is 0 Å². The van der Waals surface area contributed by atoms with Gasteiger partial charge in [-0.2, -0.15) is 0 Å². The molecule has 2 bridgehead atoms. The Hall–Kier alpha value is -2.43. The van der Waals surface area contributed by atoms with Gasteiger partial charge in [-0.05, 0) is 30.7 Å². The molecule has 1 saturated carbocycles. The fraction of sp³-hybridized carbons (Fsp3) is 0.476. The Bertz CT molecular complexity index is 728. The molecule has 1 aromatic carbocycles. The highest BCUT2D eigenvalue weighted by molar-refractivity contribution is 6.06. The normalized spacial score (nSPS) is 28.7. The second kappa shape index (κ2) is 6.71. The maximum absolute atomic E-state index is 12.7. The zero-order chi connectivity index (χ0) is 18.3. The number of carbonyl (C=O) groups excluding carboxylic acids is 3. The number of carbonyl (C=O) groups is 3. The van der Waals surface area contributed by atoms with Crippen molar-refractivity contribution in [3.05, 3.63) is 48.0 Å². The second-order valence-corrected chi connectivity index (χ2v) is 7.47. The van der Waals surface area contributed by atoms with Gasteiger partial charge in [0.25, 0.3) is 0 Å². The monoisotopic (exact) mass is 352 g/mol. The molecule has 5 nitrogen and oxygen atoms in total. The average Bonchev–Trinajstić information content (AvgIpc) is 3.33. The topological polar surface area (TPSA) is 57.7 Å². The van der Waals surface area contributed by atoms with E-state index in [2.05, 4.69) is 12.2 Å². The van der Waals surface area contributed by atoms with Crippen molar-refractivity contribution < 1.29 is 14.4 Å². The molecule has 5 heteroatoms. The highest BCUT2D eigenvalue weighted by Gasteiger charge is 2.59. The van der Waals surface area contributed by atoms with Gasteiger partial charge in [0.2, 0.25) is 17.7 Å². The van der Waals surface area contributed by atoms with E-state index in [-0.39, 0.29) is 54.4 Å². The highest BCUT2D eigenvalue weighted by Crippen LogP contribution is 2.52. The van der Waals surface area contributed by atoms with Gasteiger partial charge in [0.1, 0.15) is 0 Å². The molecule has 1 saturated heterocycles. The number of allylic oxidation sites excluding steroid dienone is 2. The quantitative estimate of drug-likeness (QED) is 0.583. The van der Waals surface area contributed by atoms with Crippen molar-refractivity contribution in [2.75, 3.05) is 13.1 Å². The lowest BCUT2D eigenvalue weighted by atomic mass is 9.85. The van der Waals surface area contributed by atoms with E-state index in [0.29, 0.717) is 13.1 Å². The zero-order valence-corrected chi connectivity index (χ0v) is 15.0. The zero-order valence-electron chi connectivity index (χ0n) is 15.0. The Morgan fingerprint density at radius 2 is 1.69 bits per heavy atom. The molecular formula is C21H24N2O3. The van der Waals surface area contributed by atoms with E-state index in [1.807, 2.05) is 37.3 Å². The van der Waals surface area contributed by atoms with Crippen molar-refractivity contribution in [2.24, 2.45) is 23.7 Å². The standard InChI is InChI=1S/C21H24N2O3/c1-2-22(13-14-6-4-3-5-7-14)17(24)10-11-23-20(25)18-15-8-9-16(12-15)19(18)21(23)26/h3-9,15-16,18-19H,2,10-13H2,1H3/t15-,16-,18-,19+/m0/s1. The third-order valence-electron chi connectivity index (χ3n) is 6.06. The van der Waals surface area contributed by atoms with Gasteiger partial charge in [0.15, 0.2) is 0 Å². The Morgan fingerprint density at radius 1 is 1.08 bits per heavy atom. The number of imide groups is 1. The molecule has 0 N–H and O–H groups in total. The first-order chi connectivity index (χ1) is 12.6. The van der Waals surface area contributed by atoms with Crippen molar-refractivity contribution in [2.45, 2.75) is 26.3 Å². The number of benzene rings is 1. The van der Waals surface area contributed by atoms with Crippen LogP contribution in [-0.2, 0) is 20.9 Å². The van der Waals surface area contributed by atoms with Crippen molar-refractivity contribution in [1.82, 2.24) is 9.80 Å². The molecule has 2 fully saturated rings. The van der Waals surface area contributed by atoms with Gasteiger partial charge in [-0.25, -0.2) is 0 Å². The fourth-order valence-corrected chi connectivity index (χ4v) is 4.73. The van der Waals surface area contributed by atoms with Crippen LogP contribution in [0, 0.1) is 23.7 Å². The summed E-state index contributed by atoms with van der Waals surface area (Å²) in [5.74, 6) is -0.0974. The number of nitrogens with zero attached hydrogens (tertiary/aromatic N) is 2. The van der Waals surface area contributed by atoms with Crippen LogP contribution in [0.15, 0.2) is 42.5 Å². The third kappa shape index (κ3) is 2.75. The van der Waals surface area contributed by atoms with Crippen LogP contribution >= 0.6 is 0 Å². The first kappa shape index (κ1) is 17.0. The van der Waals surface area contributed by atoms with Crippen LogP contribution in [0.1, 0.15) is 25.3 Å². The number of hydrogen-bond acceptors (Lipinski definition) is 3. The van der Waals surface area contributed by atoms with Gasteiger partial charge in [0.05, 0.1) is 11.8 Å². The lowest BCUT2D eigenvalue weighted by molar-refractivity contribution is -0.141. The van der Waals surface area contributed by atoms with Crippen LogP contribution in [0.2, 0.25) is 0 Å². The van der Waals surface area contributed by atoms with Crippen LogP contribution in [0.25, 0.3) is 0 Å². The summed E-state index contributed by atoms with van der Waals surface area (Å²) in [6.07, 6.45) is 5.30. The van der Waals surface area contributed by atoms with Crippen LogP contribution in [0.4, 0.5) is 0 Å². The maximum atomic E-state index is 12.7. The van der Waals surface area contributed by atoms with Gasteiger partial charge >= 0.3 is 0 Å². The largest absolute Gasteiger partial charge is 0.339 e. The van der Waals surface area contributed by atoms with Crippen LogP contribution in [0.3, 0.4) is 0 Å². The highest BCUT2D eigenvalue weighted by atomic mass is 16.2. The third-order valence-corrected chi connectivity index (χ3v) is 6.06. The summed E-state index contributed by atoms with van der Waals surface area (Å²) in [5, 5.41) is 0. The van der Waals surface area contributed by atoms with Gasteiger partial charge in [-0.15, -0.1) is 0 Å². The number of likely N-dealkylation sites (tertiary alicyclic amines) is 1. The van der Waals surface area contributed by atoms with Crippen LogP contribution < -0.4 is 0 Å². The second-order valence-electron chi connectivity index (χ2n) is 7.47. The summed E-state index contributed by atoms with van der Waals surface area (Å²) in [6.45, 7) is 3.31. The summed E-state index contributed by atoms with van der Waals surface area (Å²) in [7, 11) is 0. The van der Waals surface area contributed by atoms with Gasteiger partial charge < -0.3 is 4.90 Å². The summed E-state index contributed by atoms with van der Waals surface area (Å²) >= 11 is 0. The molecule has 1 aromatic rings. The molecule has 2 aliphatic carbocycles. The molecule has 0 aromatic heterocycles. The summed E-state index contributed by atoms with van der Waals surface area (Å²) in [6, 6.07) is 9.85. The molecule has 3 amide bonds. The van der Waals surface area contributed by atoms with Crippen LogP contribution in [-0.4, -0.2) is 40.6 Å². The van der Waals surface area contributed by atoms with Crippen molar-refractivity contribution in [3.8, 4) is 0 Å². The number of amides is 3. The molecule has 0 radical (unpaired) electrons. The first-order valence-electron chi connectivity index (χ1n) is 9.45. The number of rotatable bonds is 6. The maximum Gasteiger partial charge on any atom is 0.233 e. The minimum atomic E-state index is -0.181. The van der Waals surface area contributed by atoms with E-state index in [9.17, 15) is 14.4 Å². The molecule has 0 spiro atoms. The lowest BCUT2D eigenvalue weighted by Gasteiger charge is -2.23. The number of hydrogen-bond donors (Lipinski definition) is 0. The minimum Gasteiger partial charge on any atom is -0.339 e. The molecule has 3 aliphatic rings.